The summed E-state index contributed by atoms with van der Waals surface area (Å²) in [6.45, 7) is 0.821. The molecule has 0 radical (unpaired) electrons. The van der Waals surface area contributed by atoms with Gasteiger partial charge in [0.15, 0.2) is 0 Å². The van der Waals surface area contributed by atoms with Gasteiger partial charge in [0.25, 0.3) is 0 Å². The van der Waals surface area contributed by atoms with E-state index in [-0.39, 0.29) is 18.2 Å². The van der Waals surface area contributed by atoms with Crippen LogP contribution in [0.25, 0.3) is 0 Å². The molecule has 9 heteroatoms. The number of halogens is 6. The normalized spacial score (nSPS) is 12.5. The Labute approximate surface area is 153 Å². The maximum absolute atomic E-state index is 13.1. The maximum Gasteiger partial charge on any atom is 0.416 e. The molecule has 0 fully saturated rings. The summed E-state index contributed by atoms with van der Waals surface area (Å²) >= 11 is 0. The molecule has 1 aromatic heterocycles. The van der Waals surface area contributed by atoms with Gasteiger partial charge in [-0.1, -0.05) is 6.07 Å². The van der Waals surface area contributed by atoms with Crippen LogP contribution < -0.4 is 4.90 Å². The molecule has 0 atom stereocenters. The number of hydrogen-bond acceptors (Lipinski definition) is 3. The molecule has 27 heavy (non-hydrogen) atoms. The van der Waals surface area contributed by atoms with Gasteiger partial charge in [0.1, 0.15) is 5.82 Å². The summed E-state index contributed by atoms with van der Waals surface area (Å²) < 4.78 is 78.3. The maximum atomic E-state index is 13.1. The summed E-state index contributed by atoms with van der Waals surface area (Å²) in [5, 5.41) is 0. The highest BCUT2D eigenvalue weighted by atomic mass is 19.4. The summed E-state index contributed by atoms with van der Waals surface area (Å²) in [5.74, 6) is 0.477. The van der Waals surface area contributed by atoms with E-state index in [1.165, 1.54) is 6.20 Å². The minimum absolute atomic E-state index is 0.0819. The molecule has 0 bridgehead atoms. The lowest BCUT2D eigenvalue weighted by molar-refractivity contribution is -0.143. The van der Waals surface area contributed by atoms with Gasteiger partial charge in [-0.2, -0.15) is 26.3 Å². The van der Waals surface area contributed by atoms with Crippen LogP contribution in [0.2, 0.25) is 0 Å². The molecule has 0 saturated carbocycles. The van der Waals surface area contributed by atoms with Crippen molar-refractivity contribution in [3.8, 4) is 0 Å². The summed E-state index contributed by atoms with van der Waals surface area (Å²) in [6, 6.07) is 6.68. The SMILES string of the molecule is CN(C)CCN(Cc1cc(C(F)(F)F)cc(C(F)(F)F)c1)c1ccccn1. The first-order chi connectivity index (χ1) is 12.5. The molecule has 3 nitrogen and oxygen atoms in total. The number of aromatic nitrogens is 1. The Morgan fingerprint density at radius 2 is 1.44 bits per heavy atom. The van der Waals surface area contributed by atoms with Gasteiger partial charge in [0.2, 0.25) is 0 Å². The lowest BCUT2D eigenvalue weighted by Crippen LogP contribution is -2.32. The highest BCUT2D eigenvalue weighted by Crippen LogP contribution is 2.36. The van der Waals surface area contributed by atoms with E-state index in [4.69, 9.17) is 0 Å². The van der Waals surface area contributed by atoms with Crippen molar-refractivity contribution >= 4 is 5.82 Å². The van der Waals surface area contributed by atoms with Crippen LogP contribution in [0.3, 0.4) is 0 Å². The summed E-state index contributed by atoms with van der Waals surface area (Å²) in [7, 11) is 3.64. The second-order valence-electron chi connectivity index (χ2n) is 6.33. The Hall–Kier alpha value is -2.29. The molecule has 0 amide bonds. The van der Waals surface area contributed by atoms with E-state index in [2.05, 4.69) is 4.98 Å². The third-order valence-corrected chi connectivity index (χ3v) is 3.81. The molecule has 2 aromatic rings. The van der Waals surface area contributed by atoms with Crippen LogP contribution in [0.4, 0.5) is 32.2 Å². The van der Waals surface area contributed by atoms with Crippen LogP contribution >= 0.6 is 0 Å². The van der Waals surface area contributed by atoms with E-state index < -0.39 is 23.5 Å². The van der Waals surface area contributed by atoms with Crippen LogP contribution in [0.15, 0.2) is 42.6 Å². The van der Waals surface area contributed by atoms with Crippen molar-refractivity contribution in [3.05, 3.63) is 59.3 Å². The third-order valence-electron chi connectivity index (χ3n) is 3.81. The van der Waals surface area contributed by atoms with E-state index in [0.717, 1.165) is 12.1 Å². The zero-order chi connectivity index (χ0) is 20.2. The number of likely N-dealkylation sites (N-methyl/N-ethyl adjacent to an activating group) is 1. The monoisotopic (exact) mass is 391 g/mol. The van der Waals surface area contributed by atoms with Gasteiger partial charge in [-0.05, 0) is 50.0 Å². The molecule has 0 aliphatic heterocycles. The molecule has 2 rings (SSSR count). The second kappa shape index (κ2) is 8.16. The van der Waals surface area contributed by atoms with Crippen molar-refractivity contribution in [2.24, 2.45) is 0 Å². The first-order valence-corrected chi connectivity index (χ1v) is 8.06. The molecular weight excluding hydrogens is 372 g/mol. The van der Waals surface area contributed by atoms with Crippen LogP contribution in [-0.2, 0) is 18.9 Å². The fourth-order valence-electron chi connectivity index (χ4n) is 2.47. The number of nitrogens with zero attached hydrogens (tertiary/aromatic N) is 3. The predicted octanol–water partition coefficient (Wildman–Crippen LogP) is 4.69. The van der Waals surface area contributed by atoms with Gasteiger partial charge >= 0.3 is 12.4 Å². The van der Waals surface area contributed by atoms with Crippen LogP contribution in [0.1, 0.15) is 16.7 Å². The molecule has 1 heterocycles. The highest BCUT2D eigenvalue weighted by Gasteiger charge is 2.37. The summed E-state index contributed by atoms with van der Waals surface area (Å²) in [5.41, 5.74) is -2.72. The van der Waals surface area contributed by atoms with Crippen molar-refractivity contribution < 1.29 is 26.3 Å². The molecule has 1 aromatic carbocycles. The number of rotatable bonds is 6. The quantitative estimate of drug-likeness (QED) is 0.667. The summed E-state index contributed by atoms with van der Waals surface area (Å²) in [4.78, 5) is 7.67. The fraction of sp³-hybridized carbons (Fsp3) is 0.389. The number of pyridine rings is 1. The molecule has 0 saturated heterocycles. The largest absolute Gasteiger partial charge is 0.416 e. The van der Waals surface area contributed by atoms with Gasteiger partial charge in [0, 0.05) is 25.8 Å². The minimum atomic E-state index is -4.87. The van der Waals surface area contributed by atoms with Crippen molar-refractivity contribution in [1.82, 2.24) is 9.88 Å². The third kappa shape index (κ3) is 6.13. The minimum Gasteiger partial charge on any atom is -0.351 e. The first-order valence-electron chi connectivity index (χ1n) is 8.06. The van der Waals surface area contributed by atoms with E-state index >= 15 is 0 Å². The Bertz CT molecular complexity index is 709. The smallest absolute Gasteiger partial charge is 0.351 e. The van der Waals surface area contributed by atoms with Gasteiger partial charge < -0.3 is 9.80 Å². The number of hydrogen-bond donors (Lipinski definition) is 0. The van der Waals surface area contributed by atoms with Crippen LogP contribution in [0, 0.1) is 0 Å². The standard InChI is InChI=1S/C18H19F6N3/c1-26(2)7-8-27(16-5-3-4-6-25-16)12-13-9-14(17(19,20)21)11-15(10-13)18(22,23)24/h3-6,9-11H,7-8,12H2,1-2H3. The first kappa shape index (κ1) is 21.0. The van der Waals surface area contributed by atoms with Gasteiger partial charge in [-0.25, -0.2) is 4.98 Å². The molecule has 0 unspecified atom stereocenters. The van der Waals surface area contributed by atoms with Gasteiger partial charge in [-0.15, -0.1) is 0 Å². The molecular formula is C18H19F6N3. The summed E-state index contributed by atoms with van der Waals surface area (Å²) in [6.07, 6.45) is -8.21. The van der Waals surface area contributed by atoms with Crippen LogP contribution in [0.5, 0.6) is 0 Å². The Morgan fingerprint density at radius 3 is 1.89 bits per heavy atom. The zero-order valence-corrected chi connectivity index (χ0v) is 14.8. The van der Waals surface area contributed by atoms with Gasteiger partial charge in [0.05, 0.1) is 11.1 Å². The Morgan fingerprint density at radius 1 is 0.852 bits per heavy atom. The number of benzene rings is 1. The molecule has 0 aliphatic rings. The van der Waals surface area contributed by atoms with Crippen molar-refractivity contribution in [1.29, 1.82) is 0 Å². The van der Waals surface area contributed by atoms with Crippen LogP contribution in [-0.4, -0.2) is 37.1 Å². The Kier molecular flexibility index (Phi) is 6.35. The predicted molar refractivity (Wildman–Crippen MR) is 90.3 cm³/mol. The lowest BCUT2D eigenvalue weighted by atomic mass is 10.0. The highest BCUT2D eigenvalue weighted by molar-refractivity contribution is 5.41. The van der Waals surface area contributed by atoms with Crippen molar-refractivity contribution in [2.75, 3.05) is 32.1 Å². The molecule has 148 valence electrons. The fourth-order valence-corrected chi connectivity index (χ4v) is 2.47. The molecule has 0 spiro atoms. The van der Waals surface area contributed by atoms with E-state index in [1.54, 1.807) is 23.1 Å². The zero-order valence-electron chi connectivity index (χ0n) is 14.8. The topological polar surface area (TPSA) is 19.4 Å². The molecule has 0 N–H and O–H groups in total. The lowest BCUT2D eigenvalue weighted by Gasteiger charge is -2.26. The van der Waals surface area contributed by atoms with Crippen molar-refractivity contribution in [2.45, 2.75) is 18.9 Å². The average Bonchev–Trinajstić information content (AvgIpc) is 2.57. The van der Waals surface area contributed by atoms with E-state index in [9.17, 15) is 26.3 Å². The van der Waals surface area contributed by atoms with E-state index in [0.29, 0.717) is 18.9 Å². The van der Waals surface area contributed by atoms with Gasteiger partial charge in [-0.3, -0.25) is 0 Å². The second-order valence-corrected chi connectivity index (χ2v) is 6.33. The Balaban J connectivity index is 2.41. The number of alkyl halides is 6. The van der Waals surface area contributed by atoms with Crippen molar-refractivity contribution in [3.63, 3.8) is 0 Å². The average molecular weight is 391 g/mol. The van der Waals surface area contributed by atoms with E-state index in [1.807, 2.05) is 19.0 Å². The number of anilines is 1. The molecule has 0 aliphatic carbocycles.